The molecule has 94 valence electrons. The van der Waals surface area contributed by atoms with Crippen molar-refractivity contribution in [1.82, 2.24) is 10.2 Å². The van der Waals surface area contributed by atoms with E-state index in [1.807, 2.05) is 0 Å². The molecule has 3 atom stereocenters. The minimum Gasteiger partial charge on any atom is -0.314 e. The van der Waals surface area contributed by atoms with Gasteiger partial charge in [-0.05, 0) is 50.6 Å². The summed E-state index contributed by atoms with van der Waals surface area (Å²) >= 11 is 0. The van der Waals surface area contributed by atoms with Crippen molar-refractivity contribution in [3.63, 3.8) is 0 Å². The average molecular weight is 224 g/mol. The van der Waals surface area contributed by atoms with Gasteiger partial charge in [-0.15, -0.1) is 0 Å². The summed E-state index contributed by atoms with van der Waals surface area (Å²) < 4.78 is 0. The molecule has 2 aliphatic rings. The SMILES string of the molecule is CCC1NCCC1CN1CCCC1C(C)C. The zero-order valence-electron chi connectivity index (χ0n) is 11.2. The van der Waals surface area contributed by atoms with Crippen LogP contribution in [0.2, 0.25) is 0 Å². The molecule has 2 heterocycles. The van der Waals surface area contributed by atoms with Gasteiger partial charge in [0.15, 0.2) is 0 Å². The van der Waals surface area contributed by atoms with Crippen LogP contribution in [0.15, 0.2) is 0 Å². The summed E-state index contributed by atoms with van der Waals surface area (Å²) in [6.07, 6.45) is 5.53. The van der Waals surface area contributed by atoms with Gasteiger partial charge in [0.1, 0.15) is 0 Å². The highest BCUT2D eigenvalue weighted by atomic mass is 15.2. The fourth-order valence-electron chi connectivity index (χ4n) is 3.65. The van der Waals surface area contributed by atoms with Gasteiger partial charge in [-0.3, -0.25) is 4.90 Å². The quantitative estimate of drug-likeness (QED) is 0.789. The lowest BCUT2D eigenvalue weighted by Crippen LogP contribution is -2.40. The smallest absolute Gasteiger partial charge is 0.0119 e. The molecule has 0 spiro atoms. The Morgan fingerprint density at radius 1 is 1.31 bits per heavy atom. The predicted molar refractivity (Wildman–Crippen MR) is 69.6 cm³/mol. The number of likely N-dealkylation sites (tertiary alicyclic amines) is 1. The standard InChI is InChI=1S/C14H28N2/c1-4-13-12(7-8-15-13)10-16-9-5-6-14(16)11(2)3/h11-15H,4-10H2,1-3H3. The molecule has 0 saturated carbocycles. The zero-order chi connectivity index (χ0) is 11.5. The summed E-state index contributed by atoms with van der Waals surface area (Å²) in [7, 11) is 0. The zero-order valence-corrected chi connectivity index (χ0v) is 11.2. The van der Waals surface area contributed by atoms with Crippen molar-refractivity contribution in [3.05, 3.63) is 0 Å². The van der Waals surface area contributed by atoms with E-state index >= 15 is 0 Å². The molecule has 2 saturated heterocycles. The highest BCUT2D eigenvalue weighted by molar-refractivity contribution is 4.89. The van der Waals surface area contributed by atoms with Crippen molar-refractivity contribution < 1.29 is 0 Å². The first-order chi connectivity index (χ1) is 7.72. The average Bonchev–Trinajstić information content (AvgIpc) is 2.86. The number of nitrogens with zero attached hydrogens (tertiary/aromatic N) is 1. The normalized spacial score (nSPS) is 36.4. The van der Waals surface area contributed by atoms with E-state index in [0.29, 0.717) is 0 Å². The first-order valence-electron chi connectivity index (χ1n) is 7.19. The molecule has 0 amide bonds. The molecule has 0 aromatic heterocycles. The molecule has 2 rings (SSSR count). The van der Waals surface area contributed by atoms with Crippen LogP contribution in [0.4, 0.5) is 0 Å². The van der Waals surface area contributed by atoms with Gasteiger partial charge in [0.05, 0.1) is 0 Å². The Hall–Kier alpha value is -0.0800. The Morgan fingerprint density at radius 2 is 2.12 bits per heavy atom. The summed E-state index contributed by atoms with van der Waals surface area (Å²) in [5.41, 5.74) is 0. The van der Waals surface area contributed by atoms with Crippen LogP contribution in [0.1, 0.15) is 46.5 Å². The van der Waals surface area contributed by atoms with Crippen LogP contribution in [-0.2, 0) is 0 Å². The van der Waals surface area contributed by atoms with Gasteiger partial charge in [-0.25, -0.2) is 0 Å². The minimum atomic E-state index is 0.786. The van der Waals surface area contributed by atoms with Crippen molar-refractivity contribution in [2.45, 2.75) is 58.5 Å². The maximum absolute atomic E-state index is 3.65. The number of rotatable bonds is 4. The van der Waals surface area contributed by atoms with Crippen LogP contribution >= 0.6 is 0 Å². The minimum absolute atomic E-state index is 0.786. The topological polar surface area (TPSA) is 15.3 Å². The summed E-state index contributed by atoms with van der Waals surface area (Å²) in [6.45, 7) is 11.0. The van der Waals surface area contributed by atoms with Crippen LogP contribution in [0, 0.1) is 11.8 Å². The van der Waals surface area contributed by atoms with Crippen molar-refractivity contribution in [2.24, 2.45) is 11.8 Å². The molecule has 2 fully saturated rings. The molecule has 2 aliphatic heterocycles. The summed E-state index contributed by atoms with van der Waals surface area (Å²) in [5.74, 6) is 1.74. The summed E-state index contributed by atoms with van der Waals surface area (Å²) in [4.78, 5) is 2.77. The van der Waals surface area contributed by atoms with Crippen LogP contribution in [0.25, 0.3) is 0 Å². The maximum Gasteiger partial charge on any atom is 0.0119 e. The lowest BCUT2D eigenvalue weighted by atomic mass is 9.96. The van der Waals surface area contributed by atoms with Gasteiger partial charge < -0.3 is 5.32 Å². The van der Waals surface area contributed by atoms with Crippen LogP contribution < -0.4 is 5.32 Å². The third-order valence-electron chi connectivity index (χ3n) is 4.58. The lowest BCUT2D eigenvalue weighted by Gasteiger charge is -2.31. The lowest BCUT2D eigenvalue weighted by molar-refractivity contribution is 0.170. The second kappa shape index (κ2) is 5.50. The first-order valence-corrected chi connectivity index (χ1v) is 7.19. The molecule has 16 heavy (non-hydrogen) atoms. The van der Waals surface area contributed by atoms with E-state index in [9.17, 15) is 0 Å². The van der Waals surface area contributed by atoms with Gasteiger partial charge in [-0.1, -0.05) is 20.8 Å². The Kier molecular flexibility index (Phi) is 4.26. The van der Waals surface area contributed by atoms with Crippen molar-refractivity contribution in [2.75, 3.05) is 19.6 Å². The van der Waals surface area contributed by atoms with Gasteiger partial charge in [-0.2, -0.15) is 0 Å². The van der Waals surface area contributed by atoms with E-state index in [-0.39, 0.29) is 0 Å². The molecule has 2 nitrogen and oxygen atoms in total. The van der Waals surface area contributed by atoms with Crippen LogP contribution in [-0.4, -0.2) is 36.6 Å². The predicted octanol–water partition coefficient (Wildman–Crippen LogP) is 2.49. The molecular formula is C14H28N2. The molecule has 0 bridgehead atoms. The Bertz CT molecular complexity index is 215. The monoisotopic (exact) mass is 224 g/mol. The second-order valence-electron chi connectivity index (χ2n) is 5.97. The number of hydrogen-bond donors (Lipinski definition) is 1. The van der Waals surface area contributed by atoms with E-state index in [1.165, 1.54) is 45.3 Å². The van der Waals surface area contributed by atoms with E-state index < -0.39 is 0 Å². The van der Waals surface area contributed by atoms with Crippen LogP contribution in [0.5, 0.6) is 0 Å². The molecule has 2 heteroatoms. The fourth-order valence-corrected chi connectivity index (χ4v) is 3.65. The molecule has 1 N–H and O–H groups in total. The maximum atomic E-state index is 3.65. The first kappa shape index (κ1) is 12.4. The Labute approximate surface area is 101 Å². The highest BCUT2D eigenvalue weighted by Gasteiger charge is 2.32. The molecule has 3 unspecified atom stereocenters. The third-order valence-corrected chi connectivity index (χ3v) is 4.58. The van der Waals surface area contributed by atoms with Gasteiger partial charge in [0, 0.05) is 18.6 Å². The molecule has 0 aromatic rings. The molecular weight excluding hydrogens is 196 g/mol. The molecule has 0 aromatic carbocycles. The van der Waals surface area contributed by atoms with Gasteiger partial charge in [0.25, 0.3) is 0 Å². The Balaban J connectivity index is 1.88. The molecule has 0 aliphatic carbocycles. The van der Waals surface area contributed by atoms with Crippen molar-refractivity contribution in [1.29, 1.82) is 0 Å². The van der Waals surface area contributed by atoms with E-state index in [4.69, 9.17) is 0 Å². The van der Waals surface area contributed by atoms with Crippen LogP contribution in [0.3, 0.4) is 0 Å². The largest absolute Gasteiger partial charge is 0.314 e. The number of hydrogen-bond acceptors (Lipinski definition) is 2. The highest BCUT2D eigenvalue weighted by Crippen LogP contribution is 2.27. The van der Waals surface area contributed by atoms with Crippen molar-refractivity contribution >= 4 is 0 Å². The third kappa shape index (κ3) is 2.60. The molecule has 0 radical (unpaired) electrons. The van der Waals surface area contributed by atoms with Gasteiger partial charge >= 0.3 is 0 Å². The second-order valence-corrected chi connectivity index (χ2v) is 5.97. The fraction of sp³-hybridized carbons (Fsp3) is 1.00. The van der Waals surface area contributed by atoms with Gasteiger partial charge in [0.2, 0.25) is 0 Å². The van der Waals surface area contributed by atoms with E-state index in [0.717, 1.165) is 23.9 Å². The Morgan fingerprint density at radius 3 is 2.81 bits per heavy atom. The number of nitrogens with one attached hydrogen (secondary N) is 1. The van der Waals surface area contributed by atoms with E-state index in [1.54, 1.807) is 0 Å². The summed E-state index contributed by atoms with van der Waals surface area (Å²) in [6, 6.07) is 1.64. The van der Waals surface area contributed by atoms with E-state index in [2.05, 4.69) is 31.0 Å². The summed E-state index contributed by atoms with van der Waals surface area (Å²) in [5, 5.41) is 3.65. The van der Waals surface area contributed by atoms with Crippen molar-refractivity contribution in [3.8, 4) is 0 Å².